The van der Waals surface area contributed by atoms with E-state index in [9.17, 15) is 17.6 Å². The van der Waals surface area contributed by atoms with Crippen LogP contribution in [0.3, 0.4) is 0 Å². The monoisotopic (exact) mass is 947 g/mol. The van der Waals surface area contributed by atoms with Crippen LogP contribution in [0.2, 0.25) is 0 Å². The molecule has 0 aliphatic heterocycles. The first-order chi connectivity index (χ1) is 33.8. The van der Waals surface area contributed by atoms with Gasteiger partial charge in [0.25, 0.3) is 0 Å². The minimum atomic E-state index is -0.834. The molecule has 4 aromatic rings. The van der Waals surface area contributed by atoms with Gasteiger partial charge < -0.3 is 4.74 Å². The Morgan fingerprint density at radius 3 is 1.01 bits per heavy atom. The summed E-state index contributed by atoms with van der Waals surface area (Å²) in [5.74, 6) is 2.53. The van der Waals surface area contributed by atoms with E-state index in [4.69, 9.17) is 4.74 Å². The molecule has 0 N–H and O–H groups in total. The maximum Gasteiger partial charge on any atom is 0.159 e. The van der Waals surface area contributed by atoms with Crippen molar-refractivity contribution in [2.75, 3.05) is 0 Å². The van der Waals surface area contributed by atoms with Gasteiger partial charge in [-0.25, -0.2) is 17.6 Å². The van der Waals surface area contributed by atoms with Crippen molar-refractivity contribution in [3.8, 4) is 22.3 Å². The molecule has 4 fully saturated rings. The Bertz CT molecular complexity index is 1950. The van der Waals surface area contributed by atoms with Gasteiger partial charge >= 0.3 is 0 Å². The van der Waals surface area contributed by atoms with Crippen LogP contribution in [-0.4, -0.2) is 0 Å². The largest absolute Gasteiger partial charge is 0.365 e. The first-order valence-electron chi connectivity index (χ1n) is 28.5. The predicted molar refractivity (Wildman–Crippen MR) is 279 cm³/mol. The summed E-state index contributed by atoms with van der Waals surface area (Å²) in [6.45, 7) is 4.60. The molecule has 4 saturated carbocycles. The second-order valence-electron chi connectivity index (χ2n) is 22.8. The molecular weight excluding hydrogens is 861 g/mol. The zero-order chi connectivity index (χ0) is 48.0. The van der Waals surface area contributed by atoms with E-state index >= 15 is 0 Å². The van der Waals surface area contributed by atoms with Crippen molar-refractivity contribution in [2.24, 2.45) is 47.3 Å². The first-order valence-corrected chi connectivity index (χ1v) is 28.5. The Balaban J connectivity index is 0.989. The molecule has 0 saturated heterocycles. The van der Waals surface area contributed by atoms with Crippen LogP contribution >= 0.6 is 0 Å². The fourth-order valence-corrected chi connectivity index (χ4v) is 14.0. The SMILES string of the molecule is CCCCCCC[C@H]1CC[C@H]([C@H]2CC[C@H](C(OC(c3ccc(-c4ccc(F)c(F)c4)cc3)[C@H]3CC[C@H]([C@H]4CC[C@H](CCCCCCC)CC4)CC3)c3ccc(-c4ccc(F)c(F)c4)cc3)CC2)CC1. The average Bonchev–Trinajstić information content (AvgIpc) is 3.39. The van der Waals surface area contributed by atoms with Gasteiger partial charge in [-0.05, 0) is 182 Å². The highest BCUT2D eigenvalue weighted by atomic mass is 19.2. The fraction of sp³-hybridized carbons (Fsp3) is 0.625. The first kappa shape index (κ1) is 51.9. The van der Waals surface area contributed by atoms with Crippen molar-refractivity contribution in [3.63, 3.8) is 0 Å². The third-order valence-corrected chi connectivity index (χ3v) is 18.3. The minimum absolute atomic E-state index is 0.112. The third-order valence-electron chi connectivity index (χ3n) is 18.3. The van der Waals surface area contributed by atoms with Crippen LogP contribution in [-0.2, 0) is 4.74 Å². The number of unbranched alkanes of at least 4 members (excludes halogenated alkanes) is 8. The maximum absolute atomic E-state index is 14.4. The molecule has 4 aliphatic rings. The van der Waals surface area contributed by atoms with E-state index in [0.717, 1.165) is 83.4 Å². The number of halogens is 4. The predicted octanol–water partition coefficient (Wildman–Crippen LogP) is 20.3. The van der Waals surface area contributed by atoms with Crippen molar-refractivity contribution in [1.82, 2.24) is 0 Å². The quantitative estimate of drug-likeness (QED) is 0.0563. The number of hydrogen-bond acceptors (Lipinski definition) is 1. The molecule has 0 amide bonds. The summed E-state index contributed by atoms with van der Waals surface area (Å²) in [5.41, 5.74) is 5.36. The van der Waals surface area contributed by atoms with E-state index in [1.165, 1.54) is 178 Å². The van der Waals surface area contributed by atoms with E-state index in [2.05, 4.69) is 62.4 Å². The second-order valence-corrected chi connectivity index (χ2v) is 22.8. The number of rotatable bonds is 22. The maximum atomic E-state index is 14.4. The summed E-state index contributed by atoms with van der Waals surface area (Å²) >= 11 is 0. The molecule has 5 heteroatoms. The van der Waals surface area contributed by atoms with Crippen LogP contribution in [0, 0.1) is 70.6 Å². The van der Waals surface area contributed by atoms with Crippen LogP contribution in [0.15, 0.2) is 84.9 Å². The van der Waals surface area contributed by atoms with Gasteiger partial charge in [0, 0.05) is 0 Å². The average molecular weight is 947 g/mol. The van der Waals surface area contributed by atoms with Crippen LogP contribution in [0.5, 0.6) is 0 Å². The van der Waals surface area contributed by atoms with Crippen LogP contribution in [0.4, 0.5) is 17.6 Å². The van der Waals surface area contributed by atoms with Gasteiger partial charge in [0.05, 0.1) is 12.2 Å². The number of ether oxygens (including phenoxy) is 1. The Kier molecular flexibility index (Phi) is 19.8. The molecule has 69 heavy (non-hydrogen) atoms. The smallest absolute Gasteiger partial charge is 0.159 e. The van der Waals surface area contributed by atoms with Gasteiger partial charge in [-0.15, -0.1) is 0 Å². The molecule has 0 bridgehead atoms. The molecule has 0 spiro atoms. The summed E-state index contributed by atoms with van der Waals surface area (Å²) in [5, 5.41) is 0. The number of benzene rings is 4. The van der Waals surface area contributed by atoms with Crippen LogP contribution in [0.25, 0.3) is 22.3 Å². The Morgan fingerprint density at radius 2 is 0.681 bits per heavy atom. The van der Waals surface area contributed by atoms with E-state index in [1.807, 2.05) is 0 Å². The molecular formula is C64H86F4O. The number of hydrogen-bond donors (Lipinski definition) is 0. The highest BCUT2D eigenvalue weighted by Gasteiger charge is 2.39. The Morgan fingerprint density at radius 1 is 0.362 bits per heavy atom. The standard InChI is InChI=1S/C64H86F4O/c1-3-5-7-9-11-13-45-15-19-47(20-16-45)49-23-31-53(32-24-49)63(55-35-27-51(28-36-55)57-39-41-59(65)61(67)43-57)69-64(56-37-29-52(30-38-56)58-40-42-60(66)62(68)44-58)54-33-25-50(26-34-54)48-21-17-46(18-22-48)14-12-10-8-6-4-2/h27-30,35-50,53-54,63-64H,3-26,31-34H2,1-2H3/t45-,46-,47-,48-,49-,50-,53-,54-,63?,64?. The molecule has 2 atom stereocenters. The van der Waals surface area contributed by atoms with Crippen molar-refractivity contribution in [1.29, 1.82) is 0 Å². The lowest BCUT2D eigenvalue weighted by molar-refractivity contribution is -0.0934. The third kappa shape index (κ3) is 14.4. The van der Waals surface area contributed by atoms with Crippen molar-refractivity contribution in [2.45, 2.75) is 206 Å². The fourth-order valence-electron chi connectivity index (χ4n) is 14.0. The summed E-state index contributed by atoms with van der Waals surface area (Å²) in [6, 6.07) is 25.3. The lowest BCUT2D eigenvalue weighted by atomic mass is 9.67. The molecule has 8 rings (SSSR count). The van der Waals surface area contributed by atoms with E-state index in [1.54, 1.807) is 12.1 Å². The molecule has 4 aromatic carbocycles. The molecule has 0 heterocycles. The second kappa shape index (κ2) is 26.3. The zero-order valence-electron chi connectivity index (χ0n) is 42.6. The summed E-state index contributed by atoms with van der Waals surface area (Å²) in [4.78, 5) is 0. The van der Waals surface area contributed by atoms with Gasteiger partial charge in [-0.3, -0.25) is 0 Å². The highest BCUT2D eigenvalue weighted by Crippen LogP contribution is 2.51. The highest BCUT2D eigenvalue weighted by molar-refractivity contribution is 5.64. The lowest BCUT2D eigenvalue weighted by Crippen LogP contribution is -2.31. The van der Waals surface area contributed by atoms with Crippen molar-refractivity contribution < 1.29 is 22.3 Å². The van der Waals surface area contributed by atoms with E-state index in [-0.39, 0.29) is 12.2 Å². The molecule has 1 nitrogen and oxygen atoms in total. The van der Waals surface area contributed by atoms with Gasteiger partial charge in [0.1, 0.15) is 0 Å². The summed E-state index contributed by atoms with van der Waals surface area (Å²) in [6.07, 6.45) is 37.2. The van der Waals surface area contributed by atoms with Gasteiger partial charge in [-0.1, -0.05) is 177 Å². The van der Waals surface area contributed by atoms with Gasteiger partial charge in [0.15, 0.2) is 23.3 Å². The van der Waals surface area contributed by atoms with Crippen molar-refractivity contribution >= 4 is 0 Å². The molecule has 376 valence electrons. The minimum Gasteiger partial charge on any atom is -0.365 e. The Hall–Kier alpha value is -3.44. The summed E-state index contributed by atoms with van der Waals surface area (Å²) < 4.78 is 64.5. The molecule has 0 radical (unpaired) electrons. The lowest BCUT2D eigenvalue weighted by Gasteiger charge is -2.43. The van der Waals surface area contributed by atoms with Gasteiger partial charge in [0.2, 0.25) is 0 Å². The topological polar surface area (TPSA) is 9.23 Å². The van der Waals surface area contributed by atoms with Crippen LogP contribution < -0.4 is 0 Å². The van der Waals surface area contributed by atoms with Crippen molar-refractivity contribution in [3.05, 3.63) is 119 Å². The van der Waals surface area contributed by atoms with Crippen LogP contribution in [0.1, 0.15) is 217 Å². The van der Waals surface area contributed by atoms with E-state index < -0.39 is 23.3 Å². The Labute approximate surface area is 415 Å². The normalized spacial score (nSPS) is 26.4. The molecule has 2 unspecified atom stereocenters. The van der Waals surface area contributed by atoms with E-state index in [0.29, 0.717) is 23.0 Å². The van der Waals surface area contributed by atoms with Gasteiger partial charge in [-0.2, -0.15) is 0 Å². The summed E-state index contributed by atoms with van der Waals surface area (Å²) in [7, 11) is 0. The molecule has 4 aliphatic carbocycles. The zero-order valence-corrected chi connectivity index (χ0v) is 42.6. The molecule has 0 aromatic heterocycles.